The molecule has 0 saturated heterocycles. The van der Waals surface area contributed by atoms with E-state index >= 15 is 0 Å². The van der Waals surface area contributed by atoms with Crippen LogP contribution in [-0.4, -0.2) is 0 Å². The topological polar surface area (TPSA) is 120 Å². The lowest BCUT2D eigenvalue weighted by Gasteiger charge is -2.17. The van der Waals surface area contributed by atoms with E-state index in [4.69, 9.17) is 61.6 Å². The van der Waals surface area contributed by atoms with Crippen LogP contribution in [-0.2, 0) is 92.3 Å². The van der Waals surface area contributed by atoms with Crippen molar-refractivity contribution in [3.05, 3.63) is 456 Å². The summed E-state index contributed by atoms with van der Waals surface area (Å²) >= 11 is 0. The van der Waals surface area contributed by atoms with Crippen molar-refractivity contribution in [3.8, 4) is 74.7 Å². The van der Waals surface area contributed by atoms with Gasteiger partial charge in [0.2, 0.25) is 0 Å². The second-order valence-corrected chi connectivity index (χ2v) is 32.1. The monoisotopic (exact) mass is 1670 g/mol. The van der Waals surface area contributed by atoms with Crippen LogP contribution in [0.4, 0.5) is 0 Å². The fourth-order valence-corrected chi connectivity index (χ4v) is 13.5. The lowest BCUT2D eigenvalue weighted by atomic mass is 10.1. The molecule has 13 heteroatoms. The van der Waals surface area contributed by atoms with Crippen molar-refractivity contribution in [1.82, 2.24) is 0 Å². The molecule has 15 aromatic rings. The minimum atomic E-state index is 0.285. The molecule has 0 aliphatic heterocycles. The van der Waals surface area contributed by atoms with E-state index < -0.39 is 0 Å². The largest absolute Gasteiger partial charge is 0.489 e. The summed E-state index contributed by atoms with van der Waals surface area (Å²) in [6.07, 6.45) is 0.835. The Kier molecular flexibility index (Phi) is 31.2. The molecule has 0 radical (unpaired) electrons. The Bertz CT molecular complexity index is 5600. The molecule has 126 heavy (non-hydrogen) atoms. The van der Waals surface area contributed by atoms with Gasteiger partial charge >= 0.3 is 0 Å². The molecule has 640 valence electrons. The third-order valence-corrected chi connectivity index (χ3v) is 21.2. The molecular weight excluding hydrogens is 1570 g/mol. The second-order valence-electron chi connectivity index (χ2n) is 32.1. The van der Waals surface area contributed by atoms with Gasteiger partial charge in [-0.05, 0) is 225 Å². The number of rotatable bonds is 40. The molecule has 15 aromatic carbocycles. The van der Waals surface area contributed by atoms with Gasteiger partial charge in [-0.25, -0.2) is 0 Å². The first-order valence-corrected chi connectivity index (χ1v) is 43.0. The fraction of sp³-hybridized carbons (Fsp3) is 0.204. The highest BCUT2D eigenvalue weighted by atomic mass is 16.5. The van der Waals surface area contributed by atoms with E-state index in [0.29, 0.717) is 130 Å². The Balaban J connectivity index is 0.000000205. The normalized spacial score (nSPS) is 10.9. The SMILES string of the molecule is CCc1cc(OCc2ccc(OCc3ccc(C)cc3)c(OCc3ccc(C)cc3)c2)cc(OCc2ccc(OCc3ccc(C)cc3)c(OCc3ccc(C)cc3)c2)c1.Cc1ccc(COc2ccc(COc3cc(COc4ccccc4)cc(OCc4ccc(OCc5ccc(C)cc5)c(OCc5ccc(C)cc5)c4)c3)cc2OCc2ccc(C)cc2)cc1. The number of aryl methyl sites for hydroxylation is 9. The molecular formula is C113H110O13. The molecule has 0 N–H and O–H groups in total. The van der Waals surface area contributed by atoms with Crippen molar-refractivity contribution in [2.75, 3.05) is 0 Å². The van der Waals surface area contributed by atoms with E-state index in [-0.39, 0.29) is 13.2 Å². The minimum absolute atomic E-state index is 0.285. The summed E-state index contributed by atoms with van der Waals surface area (Å²) in [6, 6.07) is 113. The van der Waals surface area contributed by atoms with Gasteiger partial charge in [0.05, 0.1) is 0 Å². The lowest BCUT2D eigenvalue weighted by Crippen LogP contribution is -2.04. The van der Waals surface area contributed by atoms with E-state index in [1.165, 1.54) is 44.5 Å². The van der Waals surface area contributed by atoms with Crippen LogP contribution in [0.25, 0.3) is 0 Å². The Morgan fingerprint density at radius 1 is 0.135 bits per heavy atom. The molecule has 0 heterocycles. The third kappa shape index (κ3) is 27.6. The summed E-state index contributed by atoms with van der Waals surface area (Å²) in [5.74, 6) is 8.85. The van der Waals surface area contributed by atoms with Crippen molar-refractivity contribution in [1.29, 1.82) is 0 Å². The highest BCUT2D eigenvalue weighted by molar-refractivity contribution is 5.49. The average Bonchev–Trinajstić information content (AvgIpc) is 0.844. The Hall–Kier alpha value is -14.3. The van der Waals surface area contributed by atoms with E-state index in [1.807, 2.05) is 127 Å². The predicted molar refractivity (Wildman–Crippen MR) is 500 cm³/mol. The Morgan fingerprint density at radius 2 is 0.310 bits per heavy atom. The smallest absolute Gasteiger partial charge is 0.162 e. The molecule has 0 fully saturated rings. The molecule has 0 saturated carbocycles. The maximum Gasteiger partial charge on any atom is 0.162 e. The van der Waals surface area contributed by atoms with E-state index in [9.17, 15) is 0 Å². The van der Waals surface area contributed by atoms with Gasteiger partial charge in [0.25, 0.3) is 0 Å². The van der Waals surface area contributed by atoms with Gasteiger partial charge in [-0.15, -0.1) is 0 Å². The van der Waals surface area contributed by atoms with Gasteiger partial charge in [0, 0.05) is 12.1 Å². The minimum Gasteiger partial charge on any atom is -0.489 e. The van der Waals surface area contributed by atoms with Gasteiger partial charge < -0.3 is 61.6 Å². The van der Waals surface area contributed by atoms with Crippen LogP contribution in [0.1, 0.15) is 129 Å². The summed E-state index contributed by atoms with van der Waals surface area (Å²) in [5.41, 5.74) is 24.1. The first-order chi connectivity index (χ1) is 61.5. The van der Waals surface area contributed by atoms with Gasteiger partial charge in [-0.1, -0.05) is 288 Å². The van der Waals surface area contributed by atoms with Crippen LogP contribution in [0.5, 0.6) is 74.7 Å². The van der Waals surface area contributed by atoms with Crippen LogP contribution in [0.2, 0.25) is 0 Å². The molecule has 0 bridgehead atoms. The van der Waals surface area contributed by atoms with Gasteiger partial charge in [0.1, 0.15) is 115 Å². The van der Waals surface area contributed by atoms with Crippen molar-refractivity contribution in [2.45, 2.75) is 155 Å². The zero-order valence-corrected chi connectivity index (χ0v) is 73.5. The molecule has 15 rings (SSSR count). The highest BCUT2D eigenvalue weighted by Crippen LogP contribution is 2.38. The molecule has 0 aromatic heterocycles. The number of hydrogen-bond donors (Lipinski definition) is 0. The summed E-state index contributed by atoms with van der Waals surface area (Å²) in [7, 11) is 0. The molecule has 0 atom stereocenters. The van der Waals surface area contributed by atoms with Gasteiger partial charge in [-0.2, -0.15) is 0 Å². The highest BCUT2D eigenvalue weighted by Gasteiger charge is 2.18. The summed E-state index contributed by atoms with van der Waals surface area (Å²) < 4.78 is 82.8. The van der Waals surface area contributed by atoms with Crippen molar-refractivity contribution in [3.63, 3.8) is 0 Å². The predicted octanol–water partition coefficient (Wildman–Crippen LogP) is 26.9. The first-order valence-electron chi connectivity index (χ1n) is 43.0. The zero-order chi connectivity index (χ0) is 87.2. The quantitative estimate of drug-likeness (QED) is 0.0363. The first kappa shape index (κ1) is 88.0. The van der Waals surface area contributed by atoms with E-state index in [1.54, 1.807) is 0 Å². The zero-order valence-electron chi connectivity index (χ0n) is 73.5. The average molecular weight is 1680 g/mol. The van der Waals surface area contributed by atoms with E-state index in [2.05, 4.69) is 269 Å². The van der Waals surface area contributed by atoms with Crippen molar-refractivity contribution in [2.24, 2.45) is 0 Å². The Labute approximate surface area is 742 Å². The maximum absolute atomic E-state index is 6.51. The number of para-hydroxylation sites is 1. The van der Waals surface area contributed by atoms with Crippen LogP contribution >= 0.6 is 0 Å². The van der Waals surface area contributed by atoms with Crippen LogP contribution in [0.15, 0.2) is 334 Å². The summed E-state index contributed by atoms with van der Waals surface area (Å²) in [4.78, 5) is 0. The fourth-order valence-electron chi connectivity index (χ4n) is 13.5. The number of hydrogen-bond acceptors (Lipinski definition) is 13. The van der Waals surface area contributed by atoms with E-state index in [0.717, 1.165) is 102 Å². The molecule has 0 unspecified atom stereocenters. The van der Waals surface area contributed by atoms with Crippen LogP contribution in [0, 0.1) is 55.4 Å². The third-order valence-electron chi connectivity index (χ3n) is 21.2. The van der Waals surface area contributed by atoms with Crippen LogP contribution in [0.3, 0.4) is 0 Å². The molecule has 0 aliphatic carbocycles. The lowest BCUT2D eigenvalue weighted by molar-refractivity contribution is 0.253. The number of ether oxygens (including phenoxy) is 13. The molecule has 0 aliphatic rings. The van der Waals surface area contributed by atoms with Gasteiger partial charge in [0.15, 0.2) is 46.0 Å². The summed E-state index contributed by atoms with van der Waals surface area (Å²) in [6.45, 7) is 23.7. The maximum atomic E-state index is 6.51. The number of benzene rings is 15. The molecule has 0 amide bonds. The standard InChI is InChI=1S/C59H56O7.C54H54O6/c1-42-10-18-46(19-11-42)35-63-56-28-26-50(32-58(56)65-37-48-22-14-44(3)15-23-48)39-61-54-30-52(41-60-53-8-6-5-7-9-53)31-55(34-54)62-40-51-27-29-57(64-36-47-20-12-43(2)13-21-47)59(33-51)66-38-49-24-16-45(4)17-25-49;1-6-42-27-49(55-36-47-23-25-51(57-32-43-15-7-38(2)8-16-43)53(29-47)59-34-45-19-11-40(4)12-20-45)31-50(28-42)56-37-48-24-26-52(58-33-44-17-9-39(3)10-18-44)54(30-48)60-35-46-21-13-41(5)14-22-46/h5-34H,35-41H2,1-4H3;7-31H,6,32-37H2,1-5H3. The van der Waals surface area contributed by atoms with Gasteiger partial charge in [-0.3, -0.25) is 0 Å². The van der Waals surface area contributed by atoms with Crippen molar-refractivity contribution < 1.29 is 61.6 Å². The summed E-state index contributed by atoms with van der Waals surface area (Å²) in [5, 5.41) is 0. The second kappa shape index (κ2) is 44.7. The molecule has 13 nitrogen and oxygen atoms in total. The molecule has 0 spiro atoms. The van der Waals surface area contributed by atoms with Crippen LogP contribution < -0.4 is 61.6 Å². The van der Waals surface area contributed by atoms with Crippen molar-refractivity contribution >= 4 is 0 Å². The Morgan fingerprint density at radius 3 is 0.524 bits per heavy atom.